The number of fused-ring (bicyclic) bond motifs is 2. The number of anilines is 1. The number of rotatable bonds is 4. The van der Waals surface area contributed by atoms with E-state index in [0.717, 1.165) is 16.3 Å². The molecule has 1 heterocycles. The summed E-state index contributed by atoms with van der Waals surface area (Å²) >= 11 is 0. The topological polar surface area (TPSA) is 71.3 Å². The summed E-state index contributed by atoms with van der Waals surface area (Å²) in [5, 5.41) is 15.2. The molecular weight excluding hydrogens is 340 g/mol. The van der Waals surface area contributed by atoms with Crippen molar-refractivity contribution in [3.63, 3.8) is 0 Å². The van der Waals surface area contributed by atoms with Crippen LogP contribution in [0.3, 0.4) is 0 Å². The number of hydrogen-bond donors (Lipinski definition) is 2. The molecule has 0 spiro atoms. The van der Waals surface area contributed by atoms with Crippen LogP contribution in [-0.4, -0.2) is 21.5 Å². The average Bonchev–Trinajstić information content (AvgIpc) is 3.11. The molecular formula is C22H18N2O3. The van der Waals surface area contributed by atoms with Gasteiger partial charge >= 0.3 is 0 Å². The molecule has 1 amide bonds. The van der Waals surface area contributed by atoms with E-state index in [4.69, 9.17) is 0 Å². The molecule has 5 nitrogen and oxygen atoms in total. The molecule has 0 aliphatic rings. The number of benzene rings is 3. The van der Waals surface area contributed by atoms with Gasteiger partial charge in [-0.05, 0) is 24.3 Å². The standard InChI is InChI=1S/C22H18N2O3/c25-20-10-4-6-16-17(20)7-3-8-18(16)23-21(26)11-12-22(27)24-14-13-15-5-1-2-9-19(15)24/h1-10,13-14,25H,11-12H2,(H,23,26). The maximum atomic E-state index is 12.5. The lowest BCUT2D eigenvalue weighted by atomic mass is 10.1. The first-order valence-electron chi connectivity index (χ1n) is 8.73. The third-order valence-electron chi connectivity index (χ3n) is 4.61. The molecule has 3 aromatic carbocycles. The summed E-state index contributed by atoms with van der Waals surface area (Å²) in [6, 6.07) is 20.0. The third-order valence-corrected chi connectivity index (χ3v) is 4.61. The molecule has 134 valence electrons. The van der Waals surface area contributed by atoms with E-state index in [1.165, 1.54) is 0 Å². The monoisotopic (exact) mass is 358 g/mol. The second-order valence-corrected chi connectivity index (χ2v) is 6.36. The van der Waals surface area contributed by atoms with Crippen LogP contribution in [0.1, 0.15) is 17.6 Å². The highest BCUT2D eigenvalue weighted by molar-refractivity contribution is 6.04. The van der Waals surface area contributed by atoms with E-state index in [0.29, 0.717) is 11.1 Å². The predicted octanol–water partition coefficient (Wildman–Crippen LogP) is 4.56. The number of carbonyl (C=O) groups excluding carboxylic acids is 2. The number of carbonyl (C=O) groups is 2. The summed E-state index contributed by atoms with van der Waals surface area (Å²) < 4.78 is 1.58. The van der Waals surface area contributed by atoms with Gasteiger partial charge in [0.05, 0.1) is 5.52 Å². The Bertz CT molecular complexity index is 1160. The predicted molar refractivity (Wildman–Crippen MR) is 106 cm³/mol. The third kappa shape index (κ3) is 3.27. The fraction of sp³-hybridized carbons (Fsp3) is 0.0909. The van der Waals surface area contributed by atoms with Crippen LogP contribution < -0.4 is 5.32 Å². The minimum atomic E-state index is -0.240. The number of hydrogen-bond acceptors (Lipinski definition) is 3. The highest BCUT2D eigenvalue weighted by Crippen LogP contribution is 2.29. The fourth-order valence-electron chi connectivity index (χ4n) is 3.26. The molecule has 0 aliphatic heterocycles. The van der Waals surface area contributed by atoms with E-state index in [-0.39, 0.29) is 30.4 Å². The Hall–Kier alpha value is -3.60. The molecule has 4 aromatic rings. The molecule has 4 rings (SSSR count). The van der Waals surface area contributed by atoms with E-state index in [1.54, 1.807) is 41.1 Å². The number of phenolic OH excluding ortho intramolecular Hbond substituents is 1. The molecule has 5 heteroatoms. The van der Waals surface area contributed by atoms with Gasteiger partial charge in [0.2, 0.25) is 11.8 Å². The number of aromatic nitrogens is 1. The highest BCUT2D eigenvalue weighted by atomic mass is 16.3. The van der Waals surface area contributed by atoms with Gasteiger partial charge in [-0.15, -0.1) is 0 Å². The first-order chi connectivity index (χ1) is 13.1. The number of nitrogens with zero attached hydrogens (tertiary/aromatic N) is 1. The SMILES string of the molecule is O=C(CCC(=O)n1ccc2ccccc21)Nc1cccc2c(O)cccc12. The van der Waals surface area contributed by atoms with Gasteiger partial charge in [-0.2, -0.15) is 0 Å². The second kappa shape index (κ2) is 6.96. The van der Waals surface area contributed by atoms with E-state index >= 15 is 0 Å². The minimum Gasteiger partial charge on any atom is -0.507 e. The van der Waals surface area contributed by atoms with Crippen LogP contribution in [-0.2, 0) is 4.79 Å². The quantitative estimate of drug-likeness (QED) is 0.562. The molecule has 0 saturated carbocycles. The summed E-state index contributed by atoms with van der Waals surface area (Å²) in [6.45, 7) is 0. The Morgan fingerprint density at radius 2 is 1.63 bits per heavy atom. The van der Waals surface area contributed by atoms with Crippen LogP contribution >= 0.6 is 0 Å². The fourth-order valence-corrected chi connectivity index (χ4v) is 3.26. The Labute approximate surface area is 155 Å². The average molecular weight is 358 g/mol. The van der Waals surface area contributed by atoms with Crippen LogP contribution in [0.15, 0.2) is 72.9 Å². The van der Waals surface area contributed by atoms with Gasteiger partial charge in [-0.25, -0.2) is 0 Å². The molecule has 0 fully saturated rings. The normalized spacial score (nSPS) is 11.0. The summed E-state index contributed by atoms with van der Waals surface area (Å²) in [5.41, 5.74) is 1.46. The Kier molecular flexibility index (Phi) is 4.34. The molecule has 0 unspecified atom stereocenters. The van der Waals surface area contributed by atoms with Gasteiger partial charge in [0.1, 0.15) is 5.75 Å². The van der Waals surface area contributed by atoms with Crippen molar-refractivity contribution in [3.8, 4) is 5.75 Å². The number of amides is 1. The van der Waals surface area contributed by atoms with Gasteiger partial charge in [-0.1, -0.05) is 42.5 Å². The summed E-state index contributed by atoms with van der Waals surface area (Å²) in [4.78, 5) is 24.8. The van der Waals surface area contributed by atoms with Gasteiger partial charge in [0.15, 0.2) is 0 Å². The number of para-hydroxylation sites is 1. The van der Waals surface area contributed by atoms with E-state index < -0.39 is 0 Å². The van der Waals surface area contributed by atoms with Gasteiger partial charge in [-0.3, -0.25) is 14.2 Å². The maximum Gasteiger partial charge on any atom is 0.231 e. The number of nitrogens with one attached hydrogen (secondary N) is 1. The minimum absolute atomic E-state index is 0.0839. The molecule has 0 radical (unpaired) electrons. The Morgan fingerprint density at radius 1 is 0.852 bits per heavy atom. The van der Waals surface area contributed by atoms with Crippen molar-refractivity contribution in [2.45, 2.75) is 12.8 Å². The summed E-state index contributed by atoms with van der Waals surface area (Å²) in [7, 11) is 0. The van der Waals surface area contributed by atoms with Crippen LogP contribution in [0.25, 0.3) is 21.7 Å². The van der Waals surface area contributed by atoms with Crippen molar-refractivity contribution >= 4 is 39.2 Å². The first-order valence-corrected chi connectivity index (χ1v) is 8.73. The van der Waals surface area contributed by atoms with Crippen molar-refractivity contribution in [2.24, 2.45) is 0 Å². The molecule has 0 aliphatic carbocycles. The molecule has 27 heavy (non-hydrogen) atoms. The largest absolute Gasteiger partial charge is 0.507 e. The number of aromatic hydroxyl groups is 1. The molecule has 1 aromatic heterocycles. The van der Waals surface area contributed by atoms with Crippen LogP contribution in [0.4, 0.5) is 5.69 Å². The lowest BCUT2D eigenvalue weighted by Gasteiger charge is -2.10. The Morgan fingerprint density at radius 3 is 2.52 bits per heavy atom. The molecule has 0 bridgehead atoms. The van der Waals surface area contributed by atoms with Crippen molar-refractivity contribution in [1.82, 2.24) is 4.57 Å². The van der Waals surface area contributed by atoms with Crippen LogP contribution in [0.5, 0.6) is 5.75 Å². The lowest BCUT2D eigenvalue weighted by molar-refractivity contribution is -0.116. The molecule has 0 saturated heterocycles. The van der Waals surface area contributed by atoms with Crippen molar-refractivity contribution in [1.29, 1.82) is 0 Å². The van der Waals surface area contributed by atoms with E-state index in [1.807, 2.05) is 36.4 Å². The maximum absolute atomic E-state index is 12.5. The van der Waals surface area contributed by atoms with Crippen molar-refractivity contribution in [2.75, 3.05) is 5.32 Å². The zero-order chi connectivity index (χ0) is 18.8. The molecule has 2 N–H and O–H groups in total. The van der Waals surface area contributed by atoms with Gasteiger partial charge in [0, 0.05) is 40.9 Å². The summed E-state index contributed by atoms with van der Waals surface area (Å²) in [5.74, 6) is -0.198. The summed E-state index contributed by atoms with van der Waals surface area (Å²) in [6.07, 6.45) is 1.93. The van der Waals surface area contributed by atoms with Gasteiger partial charge < -0.3 is 10.4 Å². The van der Waals surface area contributed by atoms with E-state index in [9.17, 15) is 14.7 Å². The van der Waals surface area contributed by atoms with Crippen LogP contribution in [0, 0.1) is 0 Å². The smallest absolute Gasteiger partial charge is 0.231 e. The Balaban J connectivity index is 1.46. The zero-order valence-electron chi connectivity index (χ0n) is 14.6. The molecule has 0 atom stereocenters. The zero-order valence-corrected chi connectivity index (χ0v) is 14.6. The van der Waals surface area contributed by atoms with Crippen molar-refractivity contribution < 1.29 is 14.7 Å². The second-order valence-electron chi connectivity index (χ2n) is 6.36. The van der Waals surface area contributed by atoms with Crippen LogP contribution in [0.2, 0.25) is 0 Å². The first kappa shape index (κ1) is 16.8. The number of phenols is 1. The van der Waals surface area contributed by atoms with Gasteiger partial charge in [0.25, 0.3) is 0 Å². The van der Waals surface area contributed by atoms with Crippen molar-refractivity contribution in [3.05, 3.63) is 72.9 Å². The lowest BCUT2D eigenvalue weighted by Crippen LogP contribution is -2.16. The highest BCUT2D eigenvalue weighted by Gasteiger charge is 2.12. The van der Waals surface area contributed by atoms with E-state index in [2.05, 4.69) is 5.32 Å².